The highest BCUT2D eigenvalue weighted by molar-refractivity contribution is 5.24. The Labute approximate surface area is 96.5 Å². The van der Waals surface area contributed by atoms with Crippen LogP contribution in [-0.4, -0.2) is 0 Å². The molecule has 0 unspecified atom stereocenters. The second-order valence-corrected chi connectivity index (χ2v) is 3.50. The van der Waals surface area contributed by atoms with Crippen molar-refractivity contribution < 1.29 is 17.9 Å². The topological polar surface area (TPSA) is 9.23 Å². The molecule has 0 bridgehead atoms. The van der Waals surface area contributed by atoms with Gasteiger partial charge in [-0.05, 0) is 29.8 Å². The van der Waals surface area contributed by atoms with Crippen LogP contribution < -0.4 is 4.74 Å². The second-order valence-electron chi connectivity index (χ2n) is 3.50. The Hall–Kier alpha value is -1.97. The molecule has 88 valence electrons. The molecule has 2 aromatic rings. The Morgan fingerprint density at radius 1 is 0.882 bits per heavy atom. The summed E-state index contributed by atoms with van der Waals surface area (Å²) >= 11 is 0. The van der Waals surface area contributed by atoms with E-state index >= 15 is 0 Å². The minimum atomic E-state index is -0.683. The molecule has 0 radical (unpaired) electrons. The number of para-hydroxylation sites is 1. The van der Waals surface area contributed by atoms with Gasteiger partial charge in [0.25, 0.3) is 0 Å². The third-order valence-electron chi connectivity index (χ3n) is 2.15. The lowest BCUT2D eigenvalue weighted by molar-refractivity contribution is 0.289. The summed E-state index contributed by atoms with van der Waals surface area (Å²) in [6, 6.07) is 8.90. The molecule has 0 aliphatic carbocycles. The molecule has 17 heavy (non-hydrogen) atoms. The standard InChI is InChI=1S/C13H9F3O/c14-10-5-9(6-11(15)7-10)8-17-13-4-2-1-3-12(13)16/h1-7H,8H2. The summed E-state index contributed by atoms with van der Waals surface area (Å²) in [6.45, 7) is -0.0877. The van der Waals surface area contributed by atoms with Gasteiger partial charge in [-0.1, -0.05) is 12.1 Å². The van der Waals surface area contributed by atoms with E-state index < -0.39 is 17.5 Å². The molecular formula is C13H9F3O. The SMILES string of the molecule is Fc1cc(F)cc(COc2ccccc2F)c1. The molecule has 0 aliphatic heterocycles. The normalized spacial score (nSPS) is 10.3. The highest BCUT2D eigenvalue weighted by atomic mass is 19.1. The Balaban J connectivity index is 2.10. The van der Waals surface area contributed by atoms with Gasteiger partial charge in [0.1, 0.15) is 18.2 Å². The van der Waals surface area contributed by atoms with Crippen molar-refractivity contribution >= 4 is 0 Å². The summed E-state index contributed by atoms with van der Waals surface area (Å²) in [5.74, 6) is -1.82. The highest BCUT2D eigenvalue weighted by Gasteiger charge is 2.04. The third kappa shape index (κ3) is 3.00. The molecule has 0 aromatic heterocycles. The predicted octanol–water partition coefficient (Wildman–Crippen LogP) is 3.68. The van der Waals surface area contributed by atoms with Crippen molar-refractivity contribution in [1.29, 1.82) is 0 Å². The van der Waals surface area contributed by atoms with Crippen molar-refractivity contribution in [2.24, 2.45) is 0 Å². The molecule has 0 aliphatic rings. The fourth-order valence-corrected chi connectivity index (χ4v) is 1.42. The van der Waals surface area contributed by atoms with Gasteiger partial charge in [0.2, 0.25) is 0 Å². The molecule has 0 saturated heterocycles. The Bertz CT molecular complexity index is 506. The second kappa shape index (κ2) is 4.91. The van der Waals surface area contributed by atoms with Crippen LogP contribution >= 0.6 is 0 Å². The third-order valence-corrected chi connectivity index (χ3v) is 2.15. The molecule has 0 fully saturated rings. The van der Waals surface area contributed by atoms with Crippen molar-refractivity contribution in [3.63, 3.8) is 0 Å². The summed E-state index contributed by atoms with van der Waals surface area (Å²) in [4.78, 5) is 0. The molecule has 0 saturated carbocycles. The van der Waals surface area contributed by atoms with Crippen molar-refractivity contribution in [1.82, 2.24) is 0 Å². The Morgan fingerprint density at radius 3 is 2.18 bits per heavy atom. The van der Waals surface area contributed by atoms with Crippen LogP contribution in [0.2, 0.25) is 0 Å². The van der Waals surface area contributed by atoms with Gasteiger partial charge >= 0.3 is 0 Å². The molecule has 0 N–H and O–H groups in total. The molecule has 1 nitrogen and oxygen atoms in total. The molecule has 2 rings (SSSR count). The van der Waals surface area contributed by atoms with Gasteiger partial charge < -0.3 is 4.74 Å². The number of benzene rings is 2. The highest BCUT2D eigenvalue weighted by Crippen LogP contribution is 2.17. The van der Waals surface area contributed by atoms with Crippen LogP contribution in [-0.2, 0) is 6.61 Å². The summed E-state index contributed by atoms with van der Waals surface area (Å²) in [5, 5.41) is 0. The van der Waals surface area contributed by atoms with Gasteiger partial charge in [-0.15, -0.1) is 0 Å². The van der Waals surface area contributed by atoms with Crippen molar-refractivity contribution in [2.45, 2.75) is 6.61 Å². The lowest BCUT2D eigenvalue weighted by Crippen LogP contribution is -1.98. The summed E-state index contributed by atoms with van der Waals surface area (Å²) in [6.07, 6.45) is 0. The zero-order valence-corrected chi connectivity index (χ0v) is 8.79. The quantitative estimate of drug-likeness (QED) is 0.792. The lowest BCUT2D eigenvalue weighted by atomic mass is 10.2. The molecule has 2 aromatic carbocycles. The number of hydrogen-bond donors (Lipinski definition) is 0. The van der Waals surface area contributed by atoms with Gasteiger partial charge in [-0.25, -0.2) is 13.2 Å². The van der Waals surface area contributed by atoms with E-state index in [2.05, 4.69) is 0 Å². The number of rotatable bonds is 3. The van der Waals surface area contributed by atoms with Crippen LogP contribution in [0.5, 0.6) is 5.75 Å². The maximum atomic E-state index is 13.2. The van der Waals surface area contributed by atoms with Crippen LogP contribution in [0.15, 0.2) is 42.5 Å². The summed E-state index contributed by atoms with van der Waals surface area (Å²) < 4.78 is 44.0. The summed E-state index contributed by atoms with van der Waals surface area (Å²) in [5.41, 5.74) is 0.311. The smallest absolute Gasteiger partial charge is 0.165 e. The van der Waals surface area contributed by atoms with Crippen LogP contribution in [0, 0.1) is 17.5 Å². The Kier molecular flexibility index (Phi) is 3.32. The minimum Gasteiger partial charge on any atom is -0.486 e. The molecule has 0 amide bonds. The first-order valence-corrected chi connectivity index (χ1v) is 4.97. The molecule has 4 heteroatoms. The van der Waals surface area contributed by atoms with Crippen LogP contribution in [0.4, 0.5) is 13.2 Å². The lowest BCUT2D eigenvalue weighted by Gasteiger charge is -2.07. The fourth-order valence-electron chi connectivity index (χ4n) is 1.42. The van der Waals surface area contributed by atoms with Crippen molar-refractivity contribution in [2.75, 3.05) is 0 Å². The van der Waals surface area contributed by atoms with Crippen molar-refractivity contribution in [3.8, 4) is 5.75 Å². The van der Waals surface area contributed by atoms with Gasteiger partial charge in [-0.3, -0.25) is 0 Å². The van der Waals surface area contributed by atoms with Crippen LogP contribution in [0.1, 0.15) is 5.56 Å². The van der Waals surface area contributed by atoms with E-state index in [1.165, 1.54) is 18.2 Å². The molecule has 0 heterocycles. The molecule has 0 spiro atoms. The average Bonchev–Trinajstić information content (AvgIpc) is 2.27. The average molecular weight is 238 g/mol. The van der Waals surface area contributed by atoms with Crippen LogP contribution in [0.3, 0.4) is 0 Å². The Morgan fingerprint density at radius 2 is 1.53 bits per heavy atom. The van der Waals surface area contributed by atoms with Gasteiger partial charge in [-0.2, -0.15) is 0 Å². The van der Waals surface area contributed by atoms with E-state index in [1.807, 2.05) is 0 Å². The first-order valence-electron chi connectivity index (χ1n) is 4.97. The maximum Gasteiger partial charge on any atom is 0.165 e. The molecule has 0 atom stereocenters. The first kappa shape index (κ1) is 11.5. The number of ether oxygens (including phenoxy) is 1. The molecular weight excluding hydrogens is 229 g/mol. The van der Waals surface area contributed by atoms with Gasteiger partial charge in [0, 0.05) is 6.07 Å². The monoisotopic (exact) mass is 238 g/mol. The maximum absolute atomic E-state index is 13.2. The predicted molar refractivity (Wildman–Crippen MR) is 57.1 cm³/mol. The van der Waals surface area contributed by atoms with E-state index in [0.29, 0.717) is 5.56 Å². The van der Waals surface area contributed by atoms with Gasteiger partial charge in [0.15, 0.2) is 11.6 Å². The number of halogens is 3. The largest absolute Gasteiger partial charge is 0.486 e. The van der Waals surface area contributed by atoms with E-state index in [9.17, 15) is 13.2 Å². The fraction of sp³-hybridized carbons (Fsp3) is 0.0769. The van der Waals surface area contributed by atoms with E-state index in [1.54, 1.807) is 6.07 Å². The van der Waals surface area contributed by atoms with Gasteiger partial charge in [0.05, 0.1) is 0 Å². The first-order chi connectivity index (χ1) is 8.15. The summed E-state index contributed by atoms with van der Waals surface area (Å²) in [7, 11) is 0. The zero-order chi connectivity index (χ0) is 12.3. The minimum absolute atomic E-state index is 0.0529. The van der Waals surface area contributed by atoms with Crippen LogP contribution in [0.25, 0.3) is 0 Å². The van der Waals surface area contributed by atoms with E-state index in [-0.39, 0.29) is 12.4 Å². The van der Waals surface area contributed by atoms with Crippen molar-refractivity contribution in [3.05, 3.63) is 65.5 Å². The zero-order valence-electron chi connectivity index (χ0n) is 8.79. The van der Waals surface area contributed by atoms with E-state index in [0.717, 1.165) is 18.2 Å². The van der Waals surface area contributed by atoms with E-state index in [4.69, 9.17) is 4.74 Å². The number of hydrogen-bond acceptors (Lipinski definition) is 1.